The zero-order chi connectivity index (χ0) is 24.1. The Hall–Kier alpha value is -3.01. The van der Waals surface area contributed by atoms with Crippen LogP contribution in [0.4, 0.5) is 13.6 Å². The normalized spacial score (nSPS) is 19.2. The first-order valence-corrected chi connectivity index (χ1v) is 10.9. The maximum atomic E-state index is 13.4. The average molecular weight is 465 g/mol. The van der Waals surface area contributed by atoms with E-state index in [9.17, 15) is 18.4 Å². The summed E-state index contributed by atoms with van der Waals surface area (Å²) < 4.78 is 34.4. The number of hydrogen-bond donors (Lipinski definition) is 2. The highest BCUT2D eigenvalue weighted by Crippen LogP contribution is 2.36. The van der Waals surface area contributed by atoms with Crippen LogP contribution in [0, 0.1) is 18.8 Å². The summed E-state index contributed by atoms with van der Waals surface area (Å²) in [6.07, 6.45) is 1.38. The number of nitrogens with zero attached hydrogens (tertiary/aromatic N) is 2. The summed E-state index contributed by atoms with van der Waals surface area (Å²) in [5, 5.41) is 2.58. The molecule has 2 amide bonds. The first-order chi connectivity index (χ1) is 15.7. The molecular formula is C23H30F2N4O4. The molecule has 1 fully saturated rings. The number of benzene rings is 1. The van der Waals surface area contributed by atoms with E-state index in [0.717, 1.165) is 16.8 Å². The minimum Gasteiger partial charge on any atom is -0.453 e. The van der Waals surface area contributed by atoms with E-state index >= 15 is 0 Å². The maximum Gasteiger partial charge on any atom is 0.407 e. The van der Waals surface area contributed by atoms with Crippen LogP contribution in [-0.2, 0) is 14.3 Å². The number of carbonyl (C=O) groups excluding carboxylic acids is 2. The summed E-state index contributed by atoms with van der Waals surface area (Å²) in [7, 11) is 1.23. The second-order valence-corrected chi connectivity index (χ2v) is 8.61. The molecule has 0 radical (unpaired) electrons. The van der Waals surface area contributed by atoms with Crippen LogP contribution in [0.5, 0.6) is 0 Å². The third-order valence-electron chi connectivity index (χ3n) is 5.79. The number of carbonyl (C=O) groups is 2. The van der Waals surface area contributed by atoms with E-state index in [1.54, 1.807) is 11.1 Å². The first kappa shape index (κ1) is 24.6. The molecule has 8 nitrogen and oxygen atoms in total. The number of amides is 2. The van der Waals surface area contributed by atoms with Gasteiger partial charge in [0.15, 0.2) is 0 Å². The molecule has 0 aliphatic carbocycles. The zero-order valence-electron chi connectivity index (χ0n) is 19.2. The van der Waals surface area contributed by atoms with Crippen LogP contribution in [0.2, 0.25) is 0 Å². The quantitative estimate of drug-likeness (QED) is 0.618. The van der Waals surface area contributed by atoms with Crippen LogP contribution in [0.1, 0.15) is 37.7 Å². The Balaban J connectivity index is 1.86. The standard InChI is InChI=1S/C23H30F2N4O4/c1-13(2)19(28-23(31)32-4)21(30)29-11-15(12-33-22(24)25)9-18(29)20-26-10-17(27-20)16-7-5-14(3)6-8-16/h5-8,10,13,15,18-19,22H,9,11-12H2,1-4H3,(H,26,27)(H,28,31)/t15-,18-,19-/m0/s1. The van der Waals surface area contributed by atoms with Crippen molar-refractivity contribution in [3.05, 3.63) is 41.9 Å². The number of H-pyrrole nitrogens is 1. The highest BCUT2D eigenvalue weighted by atomic mass is 19.3. The number of alkyl carbamates (subject to hydrolysis) is 1. The van der Waals surface area contributed by atoms with Gasteiger partial charge in [-0.25, -0.2) is 9.78 Å². The van der Waals surface area contributed by atoms with Gasteiger partial charge >= 0.3 is 12.7 Å². The van der Waals surface area contributed by atoms with Crippen LogP contribution in [0.15, 0.2) is 30.5 Å². The van der Waals surface area contributed by atoms with Crippen molar-refractivity contribution in [3.8, 4) is 11.3 Å². The molecule has 3 atom stereocenters. The van der Waals surface area contributed by atoms with Crippen molar-refractivity contribution >= 4 is 12.0 Å². The molecule has 3 rings (SSSR count). The third kappa shape index (κ3) is 6.07. The van der Waals surface area contributed by atoms with E-state index < -0.39 is 24.8 Å². The van der Waals surface area contributed by atoms with Gasteiger partial charge in [-0.1, -0.05) is 43.7 Å². The molecule has 180 valence electrons. The van der Waals surface area contributed by atoms with Crippen LogP contribution < -0.4 is 5.32 Å². The molecular weight excluding hydrogens is 434 g/mol. The zero-order valence-corrected chi connectivity index (χ0v) is 19.2. The van der Waals surface area contributed by atoms with Gasteiger partial charge < -0.3 is 24.7 Å². The molecule has 0 saturated carbocycles. The van der Waals surface area contributed by atoms with Crippen LogP contribution >= 0.6 is 0 Å². The van der Waals surface area contributed by atoms with Crippen LogP contribution in [0.3, 0.4) is 0 Å². The van der Waals surface area contributed by atoms with Gasteiger partial charge in [0.05, 0.1) is 31.6 Å². The Kier molecular flexibility index (Phi) is 8.01. The van der Waals surface area contributed by atoms with Crippen LogP contribution in [0.25, 0.3) is 11.3 Å². The molecule has 1 aromatic heterocycles. The molecule has 2 aromatic rings. The fraction of sp³-hybridized carbons (Fsp3) is 0.522. The highest BCUT2D eigenvalue weighted by Gasteiger charge is 2.41. The summed E-state index contributed by atoms with van der Waals surface area (Å²) in [4.78, 5) is 34.6. The van der Waals surface area contributed by atoms with Crippen molar-refractivity contribution < 1.29 is 27.8 Å². The number of nitrogens with one attached hydrogen (secondary N) is 2. The number of hydrogen-bond acceptors (Lipinski definition) is 5. The van der Waals surface area contributed by atoms with Gasteiger partial charge in [-0.2, -0.15) is 8.78 Å². The number of likely N-dealkylation sites (tertiary alicyclic amines) is 1. The van der Waals surface area contributed by atoms with E-state index in [1.165, 1.54) is 7.11 Å². The maximum absolute atomic E-state index is 13.4. The van der Waals surface area contributed by atoms with Crippen molar-refractivity contribution in [2.75, 3.05) is 20.3 Å². The largest absolute Gasteiger partial charge is 0.453 e. The van der Waals surface area contributed by atoms with Gasteiger partial charge in [0.2, 0.25) is 5.91 Å². The van der Waals surface area contributed by atoms with Crippen molar-refractivity contribution in [1.29, 1.82) is 0 Å². The lowest BCUT2D eigenvalue weighted by Crippen LogP contribution is -2.51. The molecule has 0 unspecified atom stereocenters. The van der Waals surface area contributed by atoms with Crippen molar-refractivity contribution in [1.82, 2.24) is 20.2 Å². The fourth-order valence-electron chi connectivity index (χ4n) is 4.02. The lowest BCUT2D eigenvalue weighted by atomic mass is 10.0. The van der Waals surface area contributed by atoms with Gasteiger partial charge in [-0.15, -0.1) is 0 Å². The van der Waals surface area contributed by atoms with Crippen LogP contribution in [-0.4, -0.2) is 59.8 Å². The summed E-state index contributed by atoms with van der Waals surface area (Å²) in [6, 6.07) is 6.62. The second-order valence-electron chi connectivity index (χ2n) is 8.61. The molecule has 10 heteroatoms. The molecule has 2 N–H and O–H groups in total. The molecule has 0 bridgehead atoms. The number of alkyl halides is 2. The van der Waals surface area contributed by atoms with Crippen molar-refractivity contribution in [2.45, 2.75) is 45.9 Å². The minimum atomic E-state index is -2.88. The van der Waals surface area contributed by atoms with E-state index in [2.05, 4.69) is 24.8 Å². The summed E-state index contributed by atoms with van der Waals surface area (Å²) in [5.41, 5.74) is 2.86. The number of aromatic nitrogens is 2. The Morgan fingerprint density at radius 3 is 2.58 bits per heavy atom. The lowest BCUT2D eigenvalue weighted by Gasteiger charge is -2.30. The lowest BCUT2D eigenvalue weighted by molar-refractivity contribution is -0.139. The number of aromatic amines is 1. The van der Waals surface area contributed by atoms with Crippen molar-refractivity contribution in [3.63, 3.8) is 0 Å². The summed E-state index contributed by atoms with van der Waals surface area (Å²) in [6.45, 7) is 2.77. The van der Waals surface area contributed by atoms with E-state index in [4.69, 9.17) is 0 Å². The highest BCUT2D eigenvalue weighted by molar-refractivity contribution is 5.86. The first-order valence-electron chi connectivity index (χ1n) is 10.9. The Morgan fingerprint density at radius 2 is 1.97 bits per heavy atom. The summed E-state index contributed by atoms with van der Waals surface area (Å²) in [5.74, 6) is -0.285. The minimum absolute atomic E-state index is 0.180. The van der Waals surface area contributed by atoms with Gasteiger partial charge in [-0.3, -0.25) is 4.79 Å². The predicted octanol–water partition coefficient (Wildman–Crippen LogP) is 3.89. The smallest absolute Gasteiger partial charge is 0.407 e. The predicted molar refractivity (Wildman–Crippen MR) is 117 cm³/mol. The van der Waals surface area contributed by atoms with E-state index in [-0.39, 0.29) is 30.9 Å². The fourth-order valence-corrected chi connectivity index (χ4v) is 4.02. The second kappa shape index (κ2) is 10.7. The Bertz CT molecular complexity index is 948. The number of aryl methyl sites for hydroxylation is 1. The third-order valence-corrected chi connectivity index (χ3v) is 5.79. The SMILES string of the molecule is COC(=O)N[C@H](C(=O)N1C[C@@H](COC(F)F)C[C@H]1c1ncc(-c2ccc(C)cc2)[nH]1)C(C)C. The van der Waals surface area contributed by atoms with Gasteiger partial charge in [0.1, 0.15) is 11.9 Å². The molecule has 1 aromatic carbocycles. The number of halogens is 2. The number of imidazole rings is 1. The molecule has 33 heavy (non-hydrogen) atoms. The number of ether oxygens (including phenoxy) is 2. The molecule has 1 saturated heterocycles. The topological polar surface area (TPSA) is 96.6 Å². The Labute approximate surface area is 191 Å². The molecule has 1 aliphatic rings. The van der Waals surface area contributed by atoms with E-state index in [1.807, 2.05) is 45.0 Å². The number of methoxy groups -OCH3 is 1. The van der Waals surface area contributed by atoms with Crippen molar-refractivity contribution in [2.24, 2.45) is 11.8 Å². The molecule has 0 spiro atoms. The monoisotopic (exact) mass is 464 g/mol. The number of rotatable bonds is 8. The molecule has 2 heterocycles. The van der Waals surface area contributed by atoms with Gasteiger partial charge in [0, 0.05) is 12.5 Å². The van der Waals surface area contributed by atoms with Gasteiger partial charge in [-0.05, 0) is 24.8 Å². The average Bonchev–Trinajstić information content (AvgIpc) is 3.43. The molecule has 1 aliphatic heterocycles. The summed E-state index contributed by atoms with van der Waals surface area (Å²) >= 11 is 0. The van der Waals surface area contributed by atoms with Gasteiger partial charge in [0.25, 0.3) is 0 Å². The Morgan fingerprint density at radius 1 is 1.27 bits per heavy atom. The van der Waals surface area contributed by atoms with E-state index in [0.29, 0.717) is 12.2 Å².